The van der Waals surface area contributed by atoms with Crippen molar-refractivity contribution >= 4 is 17.3 Å². The first-order valence-corrected chi connectivity index (χ1v) is 6.83. The molecule has 2 aliphatic heterocycles. The van der Waals surface area contributed by atoms with Crippen LogP contribution in [0.15, 0.2) is 74.6 Å². The van der Waals surface area contributed by atoms with Crippen molar-refractivity contribution in [2.75, 3.05) is 0 Å². The third kappa shape index (κ3) is 1.53. The van der Waals surface area contributed by atoms with Crippen LogP contribution in [0.2, 0.25) is 0 Å². The molecule has 2 aliphatic carbocycles. The lowest BCUT2D eigenvalue weighted by atomic mass is 9.91. The van der Waals surface area contributed by atoms with Crippen molar-refractivity contribution in [1.29, 1.82) is 0 Å². The molecule has 0 amide bonds. The van der Waals surface area contributed by atoms with Gasteiger partial charge in [-0.15, -0.1) is 0 Å². The molecule has 2 nitrogen and oxygen atoms in total. The zero-order chi connectivity index (χ0) is 13.0. The highest BCUT2D eigenvalue weighted by Crippen LogP contribution is 2.39. The molecule has 4 aliphatic rings. The first-order valence-electron chi connectivity index (χ1n) is 6.45. The Labute approximate surface area is 117 Å². The van der Waals surface area contributed by atoms with Crippen molar-refractivity contribution in [2.45, 2.75) is 19.4 Å². The van der Waals surface area contributed by atoms with Crippen LogP contribution in [0.1, 0.15) is 13.3 Å². The second-order valence-corrected chi connectivity index (χ2v) is 5.57. The van der Waals surface area contributed by atoms with Gasteiger partial charge in [0.25, 0.3) is 0 Å². The van der Waals surface area contributed by atoms with Gasteiger partial charge in [-0.3, -0.25) is 0 Å². The molecule has 0 fully saturated rings. The Bertz CT molecular complexity index is 696. The van der Waals surface area contributed by atoms with Crippen LogP contribution in [0, 0.1) is 0 Å². The second kappa shape index (κ2) is 3.84. The summed E-state index contributed by atoms with van der Waals surface area (Å²) in [7, 11) is 0. The van der Waals surface area contributed by atoms with Crippen molar-refractivity contribution in [3.8, 4) is 0 Å². The van der Waals surface area contributed by atoms with E-state index in [1.807, 2.05) is 6.08 Å². The van der Waals surface area contributed by atoms with Crippen molar-refractivity contribution in [1.82, 2.24) is 5.32 Å². The Morgan fingerprint density at radius 2 is 2.21 bits per heavy atom. The summed E-state index contributed by atoms with van der Waals surface area (Å²) < 4.78 is 0. The second-order valence-electron chi connectivity index (χ2n) is 5.19. The predicted octanol–water partition coefficient (Wildman–Crippen LogP) is 3.52. The third-order valence-electron chi connectivity index (χ3n) is 3.85. The number of nitrogens with zero attached hydrogens (tertiary/aromatic N) is 1. The van der Waals surface area contributed by atoms with E-state index >= 15 is 0 Å². The lowest BCUT2D eigenvalue weighted by molar-refractivity contribution is 0.766. The van der Waals surface area contributed by atoms with Gasteiger partial charge < -0.3 is 5.32 Å². The number of halogens is 1. The summed E-state index contributed by atoms with van der Waals surface area (Å²) in [5, 5.41) is 4.35. The minimum Gasteiger partial charge on any atom is -0.373 e. The van der Waals surface area contributed by atoms with Crippen LogP contribution in [0.5, 0.6) is 0 Å². The molecule has 0 saturated heterocycles. The zero-order valence-electron chi connectivity index (χ0n) is 10.6. The minimum atomic E-state index is 0.171. The fraction of sp³-hybridized carbons (Fsp3) is 0.188. The molecule has 3 heteroatoms. The highest BCUT2D eigenvalue weighted by atomic mass is 35.5. The Balaban J connectivity index is 1.89. The fourth-order valence-electron chi connectivity index (χ4n) is 2.87. The average Bonchev–Trinajstić information content (AvgIpc) is 2.78. The molecule has 0 bridgehead atoms. The van der Waals surface area contributed by atoms with Gasteiger partial charge in [-0.2, -0.15) is 0 Å². The first kappa shape index (κ1) is 11.1. The van der Waals surface area contributed by atoms with Crippen LogP contribution in [0.25, 0.3) is 0 Å². The Morgan fingerprint density at radius 3 is 3.11 bits per heavy atom. The summed E-state index contributed by atoms with van der Waals surface area (Å²) >= 11 is 6.54. The number of nitrogens with one attached hydrogen (secondary N) is 1. The predicted molar refractivity (Wildman–Crippen MR) is 79.0 cm³/mol. The molecular formula is C16H13ClN2. The largest absolute Gasteiger partial charge is 0.373 e. The van der Waals surface area contributed by atoms with Gasteiger partial charge >= 0.3 is 0 Å². The Kier molecular flexibility index (Phi) is 2.24. The third-order valence-corrected chi connectivity index (χ3v) is 4.25. The molecule has 0 aromatic heterocycles. The van der Waals surface area contributed by atoms with Gasteiger partial charge in [0.2, 0.25) is 0 Å². The van der Waals surface area contributed by atoms with E-state index in [9.17, 15) is 0 Å². The number of hydrogen-bond acceptors (Lipinski definition) is 2. The maximum absolute atomic E-state index is 6.54. The molecule has 1 N–H and O–H groups in total. The minimum absolute atomic E-state index is 0.171. The normalized spacial score (nSPS) is 27.3. The van der Waals surface area contributed by atoms with Crippen LogP contribution in [0.3, 0.4) is 0 Å². The molecule has 2 heterocycles. The van der Waals surface area contributed by atoms with Crippen LogP contribution in [-0.2, 0) is 0 Å². The van der Waals surface area contributed by atoms with Gasteiger partial charge in [0.1, 0.15) is 5.71 Å². The van der Waals surface area contributed by atoms with E-state index in [2.05, 4.69) is 47.6 Å². The van der Waals surface area contributed by atoms with Gasteiger partial charge in [0.05, 0.1) is 22.5 Å². The molecule has 0 aromatic rings. The van der Waals surface area contributed by atoms with Gasteiger partial charge in [-0.25, -0.2) is 4.99 Å². The van der Waals surface area contributed by atoms with Crippen molar-refractivity contribution in [3.05, 3.63) is 69.6 Å². The van der Waals surface area contributed by atoms with Gasteiger partial charge in [0.15, 0.2) is 0 Å². The van der Waals surface area contributed by atoms with E-state index in [1.165, 1.54) is 11.1 Å². The lowest BCUT2D eigenvalue weighted by Gasteiger charge is -2.28. The van der Waals surface area contributed by atoms with E-state index in [0.717, 1.165) is 34.1 Å². The Hall–Kier alpha value is -1.80. The monoisotopic (exact) mass is 268 g/mol. The SMILES string of the molecule is CC1=CC=C2N=C3C(Cl)=C4C=CC=CC4NC3=C2C1. The summed E-state index contributed by atoms with van der Waals surface area (Å²) in [5.41, 5.74) is 6.80. The van der Waals surface area contributed by atoms with Crippen molar-refractivity contribution in [2.24, 2.45) is 4.99 Å². The number of rotatable bonds is 0. The highest BCUT2D eigenvalue weighted by Gasteiger charge is 2.34. The number of allylic oxidation sites excluding steroid dienone is 7. The zero-order valence-corrected chi connectivity index (χ0v) is 11.3. The van der Waals surface area contributed by atoms with Crippen molar-refractivity contribution < 1.29 is 0 Å². The maximum Gasteiger partial charge on any atom is 0.106 e. The van der Waals surface area contributed by atoms with Gasteiger partial charge in [-0.1, -0.05) is 47.6 Å². The van der Waals surface area contributed by atoms with E-state index < -0.39 is 0 Å². The van der Waals surface area contributed by atoms with Crippen LogP contribution in [-0.4, -0.2) is 11.8 Å². The van der Waals surface area contributed by atoms with Gasteiger partial charge in [-0.05, 0) is 25.0 Å². The molecule has 1 unspecified atom stereocenters. The smallest absolute Gasteiger partial charge is 0.106 e. The maximum atomic E-state index is 6.54. The molecular weight excluding hydrogens is 256 g/mol. The number of hydrogen-bond donors (Lipinski definition) is 1. The lowest BCUT2D eigenvalue weighted by Crippen LogP contribution is -2.37. The standard InChI is InChI=1S/C16H13ClN2/c1-9-6-7-13-11(8-9)15-16(19-13)14(17)10-4-2-3-5-12(10)18-15/h2-7,12,18H,8H2,1H3. The van der Waals surface area contributed by atoms with Crippen LogP contribution >= 0.6 is 11.6 Å². The average molecular weight is 269 g/mol. The molecule has 4 rings (SSSR count). The number of fused-ring (bicyclic) bond motifs is 3. The van der Waals surface area contributed by atoms with E-state index in [1.54, 1.807) is 0 Å². The van der Waals surface area contributed by atoms with Crippen LogP contribution in [0.4, 0.5) is 0 Å². The molecule has 0 aromatic carbocycles. The molecule has 0 saturated carbocycles. The molecule has 19 heavy (non-hydrogen) atoms. The quantitative estimate of drug-likeness (QED) is 0.714. The summed E-state index contributed by atoms with van der Waals surface area (Å²) in [4.78, 5) is 4.69. The van der Waals surface area contributed by atoms with Crippen LogP contribution < -0.4 is 5.32 Å². The van der Waals surface area contributed by atoms with Gasteiger partial charge in [0, 0.05) is 5.57 Å². The van der Waals surface area contributed by atoms with Crippen molar-refractivity contribution in [3.63, 3.8) is 0 Å². The molecule has 0 spiro atoms. The topological polar surface area (TPSA) is 24.4 Å². The molecule has 1 atom stereocenters. The highest BCUT2D eigenvalue weighted by molar-refractivity contribution is 6.48. The molecule has 94 valence electrons. The Morgan fingerprint density at radius 1 is 1.32 bits per heavy atom. The van der Waals surface area contributed by atoms with E-state index in [4.69, 9.17) is 11.6 Å². The summed E-state index contributed by atoms with van der Waals surface area (Å²) in [6.45, 7) is 2.15. The van der Waals surface area contributed by atoms with E-state index in [-0.39, 0.29) is 6.04 Å². The first-order chi connectivity index (χ1) is 9.24. The fourth-order valence-corrected chi connectivity index (χ4v) is 3.19. The summed E-state index contributed by atoms with van der Waals surface area (Å²) in [6, 6.07) is 0.171. The summed E-state index contributed by atoms with van der Waals surface area (Å²) in [6.07, 6.45) is 13.4. The van der Waals surface area contributed by atoms with E-state index in [0.29, 0.717) is 0 Å². The summed E-state index contributed by atoms with van der Waals surface area (Å²) in [5.74, 6) is 0. The molecule has 0 radical (unpaired) electrons. The number of aliphatic imine (C=N–C) groups is 1.